The van der Waals surface area contributed by atoms with Gasteiger partial charge in [0.25, 0.3) is 0 Å². The van der Waals surface area contributed by atoms with E-state index >= 15 is 0 Å². The number of nitrogens with zero attached hydrogens (tertiary/aromatic N) is 2. The standard InChI is InChI=1S/C17H23N3S/c1-2-17-19-12-16(21-17)11-18-15-7-5-6-14(10-15)13-20-8-3-4-9-20/h5-7,10,12,18H,2-4,8-9,11,13H2,1H3. The Morgan fingerprint density at radius 2 is 2.14 bits per heavy atom. The van der Waals surface area contributed by atoms with Crippen molar-refractivity contribution in [2.45, 2.75) is 39.3 Å². The van der Waals surface area contributed by atoms with E-state index in [1.165, 1.54) is 47.1 Å². The number of nitrogens with one attached hydrogen (secondary N) is 1. The van der Waals surface area contributed by atoms with Gasteiger partial charge in [-0.05, 0) is 50.0 Å². The van der Waals surface area contributed by atoms with Crippen molar-refractivity contribution in [3.05, 3.63) is 45.9 Å². The third kappa shape index (κ3) is 4.05. The quantitative estimate of drug-likeness (QED) is 0.876. The molecule has 0 atom stereocenters. The first kappa shape index (κ1) is 14.5. The van der Waals surface area contributed by atoms with Crippen molar-refractivity contribution in [2.24, 2.45) is 0 Å². The zero-order valence-corrected chi connectivity index (χ0v) is 13.5. The molecule has 1 N–H and O–H groups in total. The van der Waals surface area contributed by atoms with Crippen molar-refractivity contribution >= 4 is 17.0 Å². The molecule has 1 fully saturated rings. The lowest BCUT2D eigenvalue weighted by atomic mass is 10.2. The van der Waals surface area contributed by atoms with Crippen LogP contribution in [0.25, 0.3) is 0 Å². The molecule has 0 amide bonds. The fraction of sp³-hybridized carbons (Fsp3) is 0.471. The van der Waals surface area contributed by atoms with Crippen LogP contribution in [0.5, 0.6) is 0 Å². The maximum absolute atomic E-state index is 4.40. The maximum Gasteiger partial charge on any atom is 0.0925 e. The number of aryl methyl sites for hydroxylation is 1. The van der Waals surface area contributed by atoms with Crippen LogP contribution in [0.4, 0.5) is 5.69 Å². The van der Waals surface area contributed by atoms with Crippen molar-refractivity contribution in [1.29, 1.82) is 0 Å². The molecule has 0 bridgehead atoms. The molecule has 2 aromatic rings. The summed E-state index contributed by atoms with van der Waals surface area (Å²) >= 11 is 1.80. The summed E-state index contributed by atoms with van der Waals surface area (Å²) in [4.78, 5) is 8.24. The zero-order valence-electron chi connectivity index (χ0n) is 12.6. The minimum atomic E-state index is 0.866. The van der Waals surface area contributed by atoms with Crippen LogP contribution in [-0.2, 0) is 19.5 Å². The van der Waals surface area contributed by atoms with Gasteiger partial charge in [0, 0.05) is 23.3 Å². The molecule has 4 heteroatoms. The van der Waals surface area contributed by atoms with E-state index in [2.05, 4.69) is 46.4 Å². The van der Waals surface area contributed by atoms with Gasteiger partial charge < -0.3 is 5.32 Å². The lowest BCUT2D eigenvalue weighted by Crippen LogP contribution is -2.18. The van der Waals surface area contributed by atoms with Gasteiger partial charge in [0.1, 0.15) is 0 Å². The molecule has 0 aliphatic carbocycles. The highest BCUT2D eigenvalue weighted by atomic mass is 32.1. The lowest BCUT2D eigenvalue weighted by Gasteiger charge is -2.15. The lowest BCUT2D eigenvalue weighted by molar-refractivity contribution is 0.331. The van der Waals surface area contributed by atoms with Crippen molar-refractivity contribution in [2.75, 3.05) is 18.4 Å². The highest BCUT2D eigenvalue weighted by Gasteiger charge is 2.11. The monoisotopic (exact) mass is 301 g/mol. The van der Waals surface area contributed by atoms with Gasteiger partial charge in [-0.2, -0.15) is 0 Å². The first-order chi connectivity index (χ1) is 10.3. The Balaban J connectivity index is 1.57. The summed E-state index contributed by atoms with van der Waals surface area (Å²) in [5.74, 6) is 0. The zero-order chi connectivity index (χ0) is 14.5. The summed E-state index contributed by atoms with van der Waals surface area (Å²) in [6.45, 7) is 6.59. The third-order valence-corrected chi connectivity index (χ3v) is 5.04. The molecule has 0 unspecified atom stereocenters. The molecule has 1 aromatic carbocycles. The molecule has 1 aliphatic rings. The largest absolute Gasteiger partial charge is 0.380 e. The van der Waals surface area contributed by atoms with E-state index in [4.69, 9.17) is 0 Å². The maximum atomic E-state index is 4.40. The molecule has 3 rings (SSSR count). The van der Waals surface area contributed by atoms with Crippen LogP contribution >= 0.6 is 11.3 Å². The smallest absolute Gasteiger partial charge is 0.0925 e. The molecule has 0 saturated carbocycles. The fourth-order valence-electron chi connectivity index (χ4n) is 2.76. The molecule has 3 nitrogen and oxygen atoms in total. The highest BCUT2D eigenvalue weighted by molar-refractivity contribution is 7.11. The van der Waals surface area contributed by atoms with E-state index in [9.17, 15) is 0 Å². The number of hydrogen-bond donors (Lipinski definition) is 1. The normalized spacial score (nSPS) is 15.5. The average molecular weight is 301 g/mol. The number of hydrogen-bond acceptors (Lipinski definition) is 4. The van der Waals surface area contributed by atoms with E-state index < -0.39 is 0 Å². The van der Waals surface area contributed by atoms with E-state index in [-0.39, 0.29) is 0 Å². The van der Waals surface area contributed by atoms with E-state index in [0.717, 1.165) is 19.5 Å². The first-order valence-electron chi connectivity index (χ1n) is 7.82. The van der Waals surface area contributed by atoms with E-state index in [1.54, 1.807) is 11.3 Å². The van der Waals surface area contributed by atoms with Gasteiger partial charge in [-0.1, -0.05) is 19.1 Å². The minimum Gasteiger partial charge on any atom is -0.380 e. The second kappa shape index (κ2) is 7.05. The molecule has 0 radical (unpaired) electrons. The third-order valence-electron chi connectivity index (χ3n) is 3.90. The van der Waals surface area contributed by atoms with Gasteiger partial charge in [0.15, 0.2) is 0 Å². The predicted octanol–water partition coefficient (Wildman–Crippen LogP) is 3.91. The molecule has 1 saturated heterocycles. The van der Waals surface area contributed by atoms with Crippen LogP contribution in [0, 0.1) is 0 Å². The molecule has 2 heterocycles. The van der Waals surface area contributed by atoms with Crippen molar-refractivity contribution < 1.29 is 0 Å². The van der Waals surface area contributed by atoms with Crippen molar-refractivity contribution in [3.8, 4) is 0 Å². The van der Waals surface area contributed by atoms with Gasteiger partial charge >= 0.3 is 0 Å². The SMILES string of the molecule is CCc1ncc(CNc2cccc(CN3CCCC3)c2)s1. The number of rotatable bonds is 6. The summed E-state index contributed by atoms with van der Waals surface area (Å²) in [6.07, 6.45) is 5.72. The van der Waals surface area contributed by atoms with Crippen LogP contribution in [-0.4, -0.2) is 23.0 Å². The minimum absolute atomic E-state index is 0.866. The second-order valence-electron chi connectivity index (χ2n) is 5.61. The highest BCUT2D eigenvalue weighted by Crippen LogP contribution is 2.18. The van der Waals surface area contributed by atoms with Crippen LogP contribution in [0.1, 0.15) is 35.2 Å². The van der Waals surface area contributed by atoms with Gasteiger partial charge in [-0.25, -0.2) is 4.98 Å². The Morgan fingerprint density at radius 3 is 2.90 bits per heavy atom. The Morgan fingerprint density at radius 1 is 1.29 bits per heavy atom. The Bertz CT molecular complexity index is 573. The summed E-state index contributed by atoms with van der Waals surface area (Å²) in [5, 5.41) is 4.73. The Hall–Kier alpha value is -1.39. The number of anilines is 1. The van der Waals surface area contributed by atoms with Crippen LogP contribution in [0.15, 0.2) is 30.5 Å². The first-order valence-corrected chi connectivity index (χ1v) is 8.64. The summed E-state index contributed by atoms with van der Waals surface area (Å²) in [7, 11) is 0. The number of likely N-dealkylation sites (tertiary alicyclic amines) is 1. The number of thiazole rings is 1. The average Bonchev–Trinajstić information content (AvgIpc) is 3.17. The van der Waals surface area contributed by atoms with Gasteiger partial charge in [-0.3, -0.25) is 4.90 Å². The van der Waals surface area contributed by atoms with Gasteiger partial charge in [0.2, 0.25) is 0 Å². The summed E-state index contributed by atoms with van der Waals surface area (Å²) < 4.78 is 0. The molecule has 1 aromatic heterocycles. The summed E-state index contributed by atoms with van der Waals surface area (Å²) in [5.41, 5.74) is 2.61. The predicted molar refractivity (Wildman–Crippen MR) is 89.8 cm³/mol. The van der Waals surface area contributed by atoms with Crippen molar-refractivity contribution in [1.82, 2.24) is 9.88 Å². The summed E-state index contributed by atoms with van der Waals surface area (Å²) in [6, 6.07) is 8.80. The molecule has 112 valence electrons. The van der Waals surface area contributed by atoms with Crippen molar-refractivity contribution in [3.63, 3.8) is 0 Å². The Kier molecular flexibility index (Phi) is 4.88. The molecule has 0 spiro atoms. The van der Waals surface area contributed by atoms with Crippen LogP contribution in [0.2, 0.25) is 0 Å². The molecule has 21 heavy (non-hydrogen) atoms. The topological polar surface area (TPSA) is 28.2 Å². The van der Waals surface area contributed by atoms with Crippen LogP contribution in [0.3, 0.4) is 0 Å². The van der Waals surface area contributed by atoms with Gasteiger partial charge in [0.05, 0.1) is 11.6 Å². The second-order valence-corrected chi connectivity index (χ2v) is 6.81. The molecular formula is C17H23N3S. The van der Waals surface area contributed by atoms with Crippen LogP contribution < -0.4 is 5.32 Å². The fourth-order valence-corrected chi connectivity index (χ4v) is 3.56. The number of benzene rings is 1. The van der Waals surface area contributed by atoms with E-state index in [1.807, 2.05) is 6.20 Å². The van der Waals surface area contributed by atoms with Gasteiger partial charge in [-0.15, -0.1) is 11.3 Å². The molecular weight excluding hydrogens is 278 g/mol. The Labute approximate surface area is 131 Å². The molecule has 1 aliphatic heterocycles. The van der Waals surface area contributed by atoms with E-state index in [0.29, 0.717) is 0 Å². The number of aromatic nitrogens is 1.